The van der Waals surface area contributed by atoms with Crippen molar-refractivity contribution < 1.29 is 0 Å². The van der Waals surface area contributed by atoms with Gasteiger partial charge in [-0.2, -0.15) is 0 Å². The average Bonchev–Trinajstić information content (AvgIpc) is 3.05. The second-order valence-corrected chi connectivity index (χ2v) is 9.04. The molecule has 2 aromatic rings. The van der Waals surface area contributed by atoms with Crippen LogP contribution in [0.25, 0.3) is 10.2 Å². The van der Waals surface area contributed by atoms with Crippen molar-refractivity contribution >= 4 is 21.6 Å². The molecule has 1 nitrogen and oxygen atoms in total. The molecule has 1 heterocycles. The fourth-order valence-electron chi connectivity index (χ4n) is 4.78. The van der Waals surface area contributed by atoms with Crippen molar-refractivity contribution in [2.24, 2.45) is 11.8 Å². The minimum absolute atomic E-state index is 0.747. The maximum Gasteiger partial charge on any atom is 0.0849 e. The van der Waals surface area contributed by atoms with Gasteiger partial charge in [0.2, 0.25) is 0 Å². The van der Waals surface area contributed by atoms with Crippen molar-refractivity contribution in [3.05, 3.63) is 28.8 Å². The Balaban J connectivity index is 1.65. The molecule has 0 aliphatic heterocycles. The molecule has 2 heteroatoms. The summed E-state index contributed by atoms with van der Waals surface area (Å²) in [4.78, 5) is 4.80. The molecule has 0 atom stereocenters. The van der Waals surface area contributed by atoms with Crippen molar-refractivity contribution in [2.75, 3.05) is 0 Å². The van der Waals surface area contributed by atoms with E-state index in [1.54, 1.807) is 11.1 Å². The number of hydrogen-bond donors (Lipinski definition) is 0. The van der Waals surface area contributed by atoms with Gasteiger partial charge in [-0.05, 0) is 60.5 Å². The summed E-state index contributed by atoms with van der Waals surface area (Å²) < 4.78 is 1.50. The third-order valence-electron chi connectivity index (χ3n) is 6.46. The number of nitrogens with zero attached hydrogens (tertiary/aromatic N) is 1. The highest BCUT2D eigenvalue weighted by molar-refractivity contribution is 7.17. The molecule has 2 aliphatic rings. The van der Waals surface area contributed by atoms with Gasteiger partial charge in [0.1, 0.15) is 0 Å². The summed E-state index contributed by atoms with van der Waals surface area (Å²) in [6, 6.07) is 4.91. The first-order chi connectivity index (χ1) is 11.2. The summed E-state index contributed by atoms with van der Waals surface area (Å²) >= 11 is 1.88. The summed E-state index contributed by atoms with van der Waals surface area (Å²) in [7, 11) is 0. The Morgan fingerprint density at radius 3 is 1.91 bits per heavy atom. The molecule has 23 heavy (non-hydrogen) atoms. The van der Waals surface area contributed by atoms with Gasteiger partial charge in [-0.3, -0.25) is 0 Å². The highest BCUT2D eigenvalue weighted by atomic mass is 32.1. The molecule has 2 saturated carbocycles. The Morgan fingerprint density at radius 1 is 0.783 bits per heavy atom. The molecule has 4 rings (SSSR count). The lowest BCUT2D eigenvalue weighted by Gasteiger charge is -2.29. The quantitative estimate of drug-likeness (QED) is 0.585. The van der Waals surface area contributed by atoms with Gasteiger partial charge in [0.05, 0.1) is 15.7 Å². The van der Waals surface area contributed by atoms with Crippen molar-refractivity contribution in [2.45, 2.75) is 77.0 Å². The van der Waals surface area contributed by atoms with E-state index in [9.17, 15) is 0 Å². The van der Waals surface area contributed by atoms with Crippen LogP contribution in [0.4, 0.5) is 0 Å². The third-order valence-corrected chi connectivity index (χ3v) is 7.33. The predicted molar refractivity (Wildman–Crippen MR) is 100 cm³/mol. The lowest BCUT2D eigenvalue weighted by atomic mass is 9.77. The molecular formula is C21H29NS. The van der Waals surface area contributed by atoms with Crippen LogP contribution in [0.3, 0.4) is 0 Å². The van der Waals surface area contributed by atoms with Crippen molar-refractivity contribution in [1.82, 2.24) is 4.98 Å². The molecule has 0 unspecified atom stereocenters. The largest absolute Gasteiger partial charge is 0.244 e. The number of fused-ring (bicyclic) bond motifs is 1. The van der Waals surface area contributed by atoms with Gasteiger partial charge in [0.25, 0.3) is 0 Å². The summed E-state index contributed by atoms with van der Waals surface area (Å²) in [6.45, 7) is 4.81. The summed E-state index contributed by atoms with van der Waals surface area (Å²) in [6.07, 6.45) is 11.0. The first kappa shape index (κ1) is 15.6. The second kappa shape index (κ2) is 6.55. The summed E-state index contributed by atoms with van der Waals surface area (Å²) in [5.41, 5.74) is 6.56. The maximum atomic E-state index is 4.80. The van der Waals surface area contributed by atoms with Crippen LogP contribution in [0.1, 0.15) is 88.2 Å². The molecule has 0 saturated heterocycles. The fraction of sp³-hybridized carbons (Fsp3) is 0.667. The zero-order valence-electron chi connectivity index (χ0n) is 14.6. The second-order valence-electron chi connectivity index (χ2n) is 8.19. The standard InChI is InChI=1S/C21H29NS/c1-14-3-7-16(8-4-14)18-11-12-19(21-20(18)22-13-23-21)17-9-5-15(2)6-10-17/h11-17H,3-10H2,1-2H3. The van der Waals surface area contributed by atoms with E-state index in [1.807, 2.05) is 11.3 Å². The lowest BCUT2D eigenvalue weighted by Crippen LogP contribution is -2.13. The van der Waals surface area contributed by atoms with E-state index in [0.29, 0.717) is 0 Å². The van der Waals surface area contributed by atoms with Crippen LogP contribution in [-0.4, -0.2) is 4.98 Å². The Bertz CT molecular complexity index is 602. The zero-order chi connectivity index (χ0) is 15.8. The first-order valence-corrected chi connectivity index (χ1v) is 10.5. The normalized spacial score (nSPS) is 32.3. The maximum absolute atomic E-state index is 4.80. The van der Waals surface area contributed by atoms with Gasteiger partial charge >= 0.3 is 0 Å². The molecule has 124 valence electrons. The lowest BCUT2D eigenvalue weighted by molar-refractivity contribution is 0.347. The van der Waals surface area contributed by atoms with Crippen molar-refractivity contribution in [1.29, 1.82) is 0 Å². The molecule has 2 fully saturated rings. The number of thiazole rings is 1. The topological polar surface area (TPSA) is 12.9 Å². The van der Waals surface area contributed by atoms with Crippen LogP contribution in [0.2, 0.25) is 0 Å². The SMILES string of the molecule is CC1CCC(c2ccc(C3CCC(C)CC3)c3scnc23)CC1. The summed E-state index contributed by atoms with van der Waals surface area (Å²) in [5, 5.41) is 0. The van der Waals surface area contributed by atoms with E-state index < -0.39 is 0 Å². The van der Waals surface area contributed by atoms with Crippen LogP contribution in [0.15, 0.2) is 17.6 Å². The number of rotatable bonds is 2. The third kappa shape index (κ3) is 3.07. The van der Waals surface area contributed by atoms with Gasteiger partial charge in [0.15, 0.2) is 0 Å². The van der Waals surface area contributed by atoms with Crippen LogP contribution < -0.4 is 0 Å². The molecule has 0 bridgehead atoms. The summed E-state index contributed by atoms with van der Waals surface area (Å²) in [5.74, 6) is 3.36. The number of aromatic nitrogens is 1. The molecule has 0 N–H and O–H groups in total. The van der Waals surface area contributed by atoms with Crippen LogP contribution in [0.5, 0.6) is 0 Å². The van der Waals surface area contributed by atoms with Crippen molar-refractivity contribution in [3.63, 3.8) is 0 Å². The van der Waals surface area contributed by atoms with E-state index in [2.05, 4.69) is 31.5 Å². The van der Waals surface area contributed by atoms with E-state index in [-0.39, 0.29) is 0 Å². The van der Waals surface area contributed by atoms with Gasteiger partial charge < -0.3 is 0 Å². The molecule has 1 aromatic heterocycles. The predicted octanol–water partition coefficient (Wildman–Crippen LogP) is 6.88. The Labute approximate surface area is 144 Å². The zero-order valence-corrected chi connectivity index (χ0v) is 15.4. The van der Waals surface area contributed by atoms with Crippen molar-refractivity contribution in [3.8, 4) is 0 Å². The van der Waals surface area contributed by atoms with E-state index in [0.717, 1.165) is 23.7 Å². The minimum atomic E-state index is 0.747. The molecule has 0 amide bonds. The van der Waals surface area contributed by atoms with Gasteiger partial charge in [-0.15, -0.1) is 11.3 Å². The highest BCUT2D eigenvalue weighted by Gasteiger charge is 2.26. The van der Waals surface area contributed by atoms with E-state index in [4.69, 9.17) is 4.98 Å². The molecule has 1 aromatic carbocycles. The van der Waals surface area contributed by atoms with Crippen LogP contribution in [0, 0.1) is 11.8 Å². The molecule has 0 radical (unpaired) electrons. The Kier molecular flexibility index (Phi) is 4.45. The van der Waals surface area contributed by atoms with Gasteiger partial charge in [0, 0.05) is 0 Å². The fourth-order valence-corrected chi connectivity index (χ4v) is 5.70. The first-order valence-electron chi connectivity index (χ1n) is 9.58. The Morgan fingerprint density at radius 2 is 1.30 bits per heavy atom. The monoisotopic (exact) mass is 327 g/mol. The van der Waals surface area contributed by atoms with E-state index >= 15 is 0 Å². The van der Waals surface area contributed by atoms with Crippen LogP contribution in [-0.2, 0) is 0 Å². The molecule has 2 aliphatic carbocycles. The number of hydrogen-bond acceptors (Lipinski definition) is 2. The minimum Gasteiger partial charge on any atom is -0.244 e. The molecule has 0 spiro atoms. The highest BCUT2D eigenvalue weighted by Crippen LogP contribution is 2.43. The smallest absolute Gasteiger partial charge is 0.0849 e. The van der Waals surface area contributed by atoms with Crippen LogP contribution >= 0.6 is 11.3 Å². The van der Waals surface area contributed by atoms with Gasteiger partial charge in [-0.25, -0.2) is 4.98 Å². The number of benzene rings is 1. The van der Waals surface area contributed by atoms with Gasteiger partial charge in [-0.1, -0.05) is 51.7 Å². The average molecular weight is 328 g/mol. The Hall–Kier alpha value is -0.890. The van der Waals surface area contributed by atoms with E-state index in [1.165, 1.54) is 61.6 Å². The molecular weight excluding hydrogens is 298 g/mol.